The minimum absolute atomic E-state index is 0.238. The van der Waals surface area contributed by atoms with Gasteiger partial charge in [0.05, 0.1) is 0 Å². The van der Waals surface area contributed by atoms with Gasteiger partial charge in [0, 0.05) is 31.0 Å². The summed E-state index contributed by atoms with van der Waals surface area (Å²) < 4.78 is 0. The summed E-state index contributed by atoms with van der Waals surface area (Å²) in [4.78, 5) is 19.1. The molecule has 2 aromatic rings. The second kappa shape index (κ2) is 5.48. The van der Waals surface area contributed by atoms with Gasteiger partial charge in [-0.25, -0.2) is 0 Å². The zero-order chi connectivity index (χ0) is 13.1. The Balaban J connectivity index is 1.96. The van der Waals surface area contributed by atoms with Crippen LogP contribution in [-0.2, 0) is 0 Å². The smallest absolute Gasteiger partial charge is 0.230 e. The highest BCUT2D eigenvalue weighted by atomic mass is 35.5. The Morgan fingerprint density at radius 3 is 2.42 bits per heavy atom. The van der Waals surface area contributed by atoms with Gasteiger partial charge in [-0.05, 0) is 43.0 Å². The molecule has 0 N–H and O–H groups in total. The molecule has 6 heteroatoms. The molecule has 0 saturated carbocycles. The zero-order valence-electron chi connectivity index (χ0n) is 10.5. The number of pyridine rings is 1. The summed E-state index contributed by atoms with van der Waals surface area (Å²) in [6.45, 7) is 1.96. The maximum atomic E-state index is 6.01. The molecule has 1 fully saturated rings. The second-order valence-corrected chi connectivity index (χ2v) is 4.85. The topological polar surface area (TPSA) is 54.8 Å². The second-order valence-electron chi connectivity index (χ2n) is 4.51. The SMILES string of the molecule is Clc1nc(-c2ccncc2)nc(N2CCCCC2)n1. The van der Waals surface area contributed by atoms with E-state index in [1.54, 1.807) is 12.4 Å². The van der Waals surface area contributed by atoms with Gasteiger partial charge in [0.2, 0.25) is 11.2 Å². The van der Waals surface area contributed by atoms with E-state index in [1.165, 1.54) is 19.3 Å². The Hall–Kier alpha value is -1.75. The van der Waals surface area contributed by atoms with Gasteiger partial charge in [0.15, 0.2) is 5.82 Å². The Morgan fingerprint density at radius 1 is 0.947 bits per heavy atom. The van der Waals surface area contributed by atoms with E-state index in [1.807, 2.05) is 12.1 Å². The van der Waals surface area contributed by atoms with Crippen molar-refractivity contribution in [1.82, 2.24) is 19.9 Å². The van der Waals surface area contributed by atoms with Crippen LogP contribution in [0.15, 0.2) is 24.5 Å². The van der Waals surface area contributed by atoms with E-state index in [0.29, 0.717) is 11.8 Å². The summed E-state index contributed by atoms with van der Waals surface area (Å²) in [5.74, 6) is 1.27. The van der Waals surface area contributed by atoms with Gasteiger partial charge in [-0.3, -0.25) is 4.98 Å². The lowest BCUT2D eigenvalue weighted by molar-refractivity contribution is 0.567. The molecule has 0 unspecified atom stereocenters. The summed E-state index contributed by atoms with van der Waals surface area (Å²) in [6, 6.07) is 3.73. The number of anilines is 1. The fraction of sp³-hybridized carbons (Fsp3) is 0.385. The van der Waals surface area contributed by atoms with Gasteiger partial charge in [0.25, 0.3) is 0 Å². The molecule has 0 amide bonds. The van der Waals surface area contributed by atoms with E-state index in [0.717, 1.165) is 18.7 Å². The number of rotatable bonds is 2. The molecule has 2 aromatic heterocycles. The molecule has 1 aliphatic rings. The molecule has 3 heterocycles. The van der Waals surface area contributed by atoms with Crippen molar-refractivity contribution in [2.24, 2.45) is 0 Å². The van der Waals surface area contributed by atoms with Gasteiger partial charge in [-0.2, -0.15) is 15.0 Å². The Labute approximate surface area is 116 Å². The molecule has 1 aliphatic heterocycles. The number of hydrogen-bond acceptors (Lipinski definition) is 5. The van der Waals surface area contributed by atoms with Gasteiger partial charge in [0.1, 0.15) is 0 Å². The third-order valence-corrected chi connectivity index (χ3v) is 3.34. The predicted octanol–water partition coefficient (Wildman–Crippen LogP) is 2.58. The van der Waals surface area contributed by atoms with Crippen LogP contribution in [0.4, 0.5) is 5.95 Å². The van der Waals surface area contributed by atoms with Crippen LogP contribution in [-0.4, -0.2) is 33.0 Å². The largest absolute Gasteiger partial charge is 0.341 e. The molecule has 3 rings (SSSR count). The van der Waals surface area contributed by atoms with Crippen molar-refractivity contribution >= 4 is 17.5 Å². The molecule has 5 nitrogen and oxygen atoms in total. The first-order valence-electron chi connectivity index (χ1n) is 6.40. The first-order chi connectivity index (χ1) is 9.33. The summed E-state index contributed by atoms with van der Waals surface area (Å²) in [7, 11) is 0. The first-order valence-corrected chi connectivity index (χ1v) is 6.78. The number of halogens is 1. The van der Waals surface area contributed by atoms with Crippen LogP contribution in [0.3, 0.4) is 0 Å². The van der Waals surface area contributed by atoms with Crippen molar-refractivity contribution in [2.75, 3.05) is 18.0 Å². The van der Waals surface area contributed by atoms with Crippen molar-refractivity contribution < 1.29 is 0 Å². The number of piperidine rings is 1. The van der Waals surface area contributed by atoms with Gasteiger partial charge >= 0.3 is 0 Å². The van der Waals surface area contributed by atoms with Crippen LogP contribution in [0.5, 0.6) is 0 Å². The monoisotopic (exact) mass is 275 g/mol. The number of aromatic nitrogens is 4. The third-order valence-electron chi connectivity index (χ3n) is 3.17. The highest BCUT2D eigenvalue weighted by Gasteiger charge is 2.16. The van der Waals surface area contributed by atoms with Gasteiger partial charge in [-0.1, -0.05) is 0 Å². The summed E-state index contributed by atoms with van der Waals surface area (Å²) in [5.41, 5.74) is 0.901. The molecule has 0 aliphatic carbocycles. The Morgan fingerprint density at radius 2 is 1.68 bits per heavy atom. The first kappa shape index (κ1) is 12.3. The lowest BCUT2D eigenvalue weighted by atomic mass is 10.1. The van der Waals surface area contributed by atoms with Gasteiger partial charge < -0.3 is 4.90 Å². The van der Waals surface area contributed by atoms with Crippen molar-refractivity contribution in [3.05, 3.63) is 29.8 Å². The molecule has 0 bridgehead atoms. The Kier molecular flexibility index (Phi) is 3.55. The van der Waals surface area contributed by atoms with E-state index in [9.17, 15) is 0 Å². The number of nitrogens with zero attached hydrogens (tertiary/aromatic N) is 5. The van der Waals surface area contributed by atoms with Crippen molar-refractivity contribution in [3.8, 4) is 11.4 Å². The van der Waals surface area contributed by atoms with Crippen LogP contribution < -0.4 is 4.90 Å². The van der Waals surface area contributed by atoms with Crippen LogP contribution in [0.2, 0.25) is 5.28 Å². The quantitative estimate of drug-likeness (QED) is 0.843. The zero-order valence-corrected chi connectivity index (χ0v) is 11.2. The van der Waals surface area contributed by atoms with E-state index in [4.69, 9.17) is 11.6 Å². The molecule has 98 valence electrons. The molecule has 0 radical (unpaired) electrons. The summed E-state index contributed by atoms with van der Waals surface area (Å²) >= 11 is 6.01. The van der Waals surface area contributed by atoms with Crippen molar-refractivity contribution in [2.45, 2.75) is 19.3 Å². The van der Waals surface area contributed by atoms with Crippen LogP contribution >= 0.6 is 11.6 Å². The maximum absolute atomic E-state index is 6.01. The van der Waals surface area contributed by atoms with Crippen LogP contribution in [0, 0.1) is 0 Å². The normalized spacial score (nSPS) is 15.5. The minimum Gasteiger partial charge on any atom is -0.341 e. The summed E-state index contributed by atoms with van der Waals surface area (Å²) in [5, 5.41) is 0.238. The molecule has 0 atom stereocenters. The van der Waals surface area contributed by atoms with Crippen molar-refractivity contribution in [1.29, 1.82) is 0 Å². The van der Waals surface area contributed by atoms with Crippen LogP contribution in [0.25, 0.3) is 11.4 Å². The molecule has 0 aromatic carbocycles. The molecule has 19 heavy (non-hydrogen) atoms. The third kappa shape index (κ3) is 2.81. The van der Waals surface area contributed by atoms with E-state index in [-0.39, 0.29) is 5.28 Å². The molecular weight excluding hydrogens is 262 g/mol. The highest BCUT2D eigenvalue weighted by molar-refractivity contribution is 6.28. The average molecular weight is 276 g/mol. The fourth-order valence-electron chi connectivity index (χ4n) is 2.21. The van der Waals surface area contributed by atoms with E-state index >= 15 is 0 Å². The maximum Gasteiger partial charge on any atom is 0.230 e. The van der Waals surface area contributed by atoms with E-state index in [2.05, 4.69) is 24.8 Å². The van der Waals surface area contributed by atoms with Crippen LogP contribution in [0.1, 0.15) is 19.3 Å². The Bertz CT molecular complexity index is 554. The van der Waals surface area contributed by atoms with Crippen molar-refractivity contribution in [3.63, 3.8) is 0 Å². The predicted molar refractivity (Wildman–Crippen MR) is 74.1 cm³/mol. The lowest BCUT2D eigenvalue weighted by Crippen LogP contribution is -2.31. The molecule has 0 spiro atoms. The van der Waals surface area contributed by atoms with Gasteiger partial charge in [-0.15, -0.1) is 0 Å². The lowest BCUT2D eigenvalue weighted by Gasteiger charge is -2.26. The highest BCUT2D eigenvalue weighted by Crippen LogP contribution is 2.21. The fourth-order valence-corrected chi connectivity index (χ4v) is 2.36. The summed E-state index contributed by atoms with van der Waals surface area (Å²) in [6.07, 6.45) is 7.05. The van der Waals surface area contributed by atoms with E-state index < -0.39 is 0 Å². The molecule has 1 saturated heterocycles. The average Bonchev–Trinajstić information content (AvgIpc) is 2.48. The molecular formula is C13H14ClN5. The minimum atomic E-state index is 0.238. The number of hydrogen-bond donors (Lipinski definition) is 0. The standard InChI is InChI=1S/C13H14ClN5/c14-12-16-11(10-4-6-15-7-5-10)17-13(18-12)19-8-2-1-3-9-19/h4-7H,1-3,8-9H2.